The van der Waals surface area contributed by atoms with Crippen molar-refractivity contribution >= 4 is 5.97 Å². The molecule has 1 aromatic rings. The number of ether oxygens (including phenoxy) is 2. The zero-order valence-electron chi connectivity index (χ0n) is 10.2. The number of carbonyl (C=O) groups is 1. The first kappa shape index (κ1) is 14.0. The summed E-state index contributed by atoms with van der Waals surface area (Å²) in [7, 11) is 0. The van der Waals surface area contributed by atoms with E-state index in [-0.39, 0.29) is 13.0 Å². The van der Waals surface area contributed by atoms with Crippen molar-refractivity contribution in [3.05, 3.63) is 35.9 Å². The zero-order valence-corrected chi connectivity index (χ0v) is 10.2. The third-order valence-corrected chi connectivity index (χ3v) is 2.93. The Kier molecular flexibility index (Phi) is 4.49. The Morgan fingerprint density at radius 1 is 1.26 bits per heavy atom. The number of rotatable bonds is 3. The van der Waals surface area contributed by atoms with Crippen molar-refractivity contribution in [2.45, 2.75) is 31.0 Å². The highest BCUT2D eigenvalue weighted by Crippen LogP contribution is 2.19. The summed E-state index contributed by atoms with van der Waals surface area (Å²) in [6.07, 6.45) is -4.43. The van der Waals surface area contributed by atoms with Crippen molar-refractivity contribution in [2.24, 2.45) is 0 Å². The minimum atomic E-state index is -1.47. The summed E-state index contributed by atoms with van der Waals surface area (Å²) in [6.45, 7) is -0.0887. The molecule has 2 rings (SSSR count). The highest BCUT2D eigenvalue weighted by Gasteiger charge is 2.36. The van der Waals surface area contributed by atoms with Crippen LogP contribution in [-0.4, -0.2) is 52.5 Å². The predicted molar refractivity (Wildman–Crippen MR) is 64.2 cm³/mol. The number of benzene rings is 1. The lowest BCUT2D eigenvalue weighted by atomic mass is 10.0. The van der Waals surface area contributed by atoms with Gasteiger partial charge in [0.1, 0.15) is 12.7 Å². The first-order valence-corrected chi connectivity index (χ1v) is 6.00. The fourth-order valence-electron chi connectivity index (χ4n) is 1.87. The smallest absolute Gasteiger partial charge is 0.338 e. The zero-order chi connectivity index (χ0) is 13.8. The van der Waals surface area contributed by atoms with Gasteiger partial charge in [0.2, 0.25) is 0 Å². The summed E-state index contributed by atoms with van der Waals surface area (Å²) in [6, 6.07) is 8.47. The molecule has 1 aromatic carbocycles. The topological polar surface area (TPSA) is 96.2 Å². The fraction of sp³-hybridized carbons (Fsp3) is 0.462. The molecule has 1 saturated heterocycles. The number of aliphatic hydroxyl groups excluding tert-OH is 3. The van der Waals surface area contributed by atoms with Crippen molar-refractivity contribution in [3.8, 4) is 0 Å². The number of carbonyl (C=O) groups excluding carboxylic acids is 1. The Balaban J connectivity index is 1.84. The second kappa shape index (κ2) is 6.12. The van der Waals surface area contributed by atoms with Gasteiger partial charge in [-0.05, 0) is 12.1 Å². The maximum atomic E-state index is 11.7. The van der Waals surface area contributed by atoms with Gasteiger partial charge in [-0.25, -0.2) is 4.79 Å². The van der Waals surface area contributed by atoms with Gasteiger partial charge in [0.25, 0.3) is 0 Å². The highest BCUT2D eigenvalue weighted by atomic mass is 16.6. The van der Waals surface area contributed by atoms with Crippen LogP contribution >= 0.6 is 0 Å². The molecule has 6 nitrogen and oxygen atoms in total. The Morgan fingerprint density at radius 2 is 1.95 bits per heavy atom. The monoisotopic (exact) mass is 268 g/mol. The first-order valence-electron chi connectivity index (χ1n) is 6.00. The van der Waals surface area contributed by atoms with Gasteiger partial charge in [-0.1, -0.05) is 18.2 Å². The van der Waals surface area contributed by atoms with Gasteiger partial charge in [0.05, 0.1) is 17.8 Å². The molecular weight excluding hydrogens is 252 g/mol. The predicted octanol–water partition coefficient (Wildman–Crippen LogP) is -0.328. The average Bonchev–Trinajstić information content (AvgIpc) is 2.43. The van der Waals surface area contributed by atoms with Gasteiger partial charge in [0, 0.05) is 6.42 Å². The summed E-state index contributed by atoms with van der Waals surface area (Å²) in [5, 5.41) is 28.1. The molecule has 6 heteroatoms. The highest BCUT2D eigenvalue weighted by molar-refractivity contribution is 5.89. The maximum Gasteiger partial charge on any atom is 0.338 e. The van der Waals surface area contributed by atoms with E-state index in [1.807, 2.05) is 0 Å². The fourth-order valence-corrected chi connectivity index (χ4v) is 1.87. The van der Waals surface area contributed by atoms with E-state index in [0.29, 0.717) is 5.56 Å². The van der Waals surface area contributed by atoms with Crippen LogP contribution in [0.2, 0.25) is 0 Å². The Bertz CT molecular complexity index is 408. The van der Waals surface area contributed by atoms with Gasteiger partial charge in [-0.15, -0.1) is 0 Å². The third kappa shape index (κ3) is 3.51. The van der Waals surface area contributed by atoms with Crippen molar-refractivity contribution < 1.29 is 29.6 Å². The van der Waals surface area contributed by atoms with Crippen LogP contribution in [0.3, 0.4) is 0 Å². The maximum absolute atomic E-state index is 11.7. The van der Waals surface area contributed by atoms with Gasteiger partial charge >= 0.3 is 5.97 Å². The third-order valence-electron chi connectivity index (χ3n) is 2.93. The Hall–Kier alpha value is -1.47. The molecule has 1 fully saturated rings. The largest absolute Gasteiger partial charge is 0.459 e. The minimum absolute atomic E-state index is 0.0887. The van der Waals surface area contributed by atoms with Crippen molar-refractivity contribution in [1.82, 2.24) is 0 Å². The lowest BCUT2D eigenvalue weighted by molar-refractivity contribution is -0.251. The van der Waals surface area contributed by atoms with E-state index >= 15 is 0 Å². The number of aliphatic hydroxyl groups is 3. The molecule has 0 bridgehead atoms. The SMILES string of the molecule is O=C(OC[C@@H]1CC(O)C(O)[C@@H](O)O1)c1ccccc1. The first-order chi connectivity index (χ1) is 9.08. The molecule has 0 amide bonds. The molecule has 1 aliphatic rings. The molecule has 4 atom stereocenters. The molecule has 0 aliphatic carbocycles. The molecular formula is C13H16O6. The van der Waals surface area contributed by atoms with Gasteiger partial charge in [-0.3, -0.25) is 0 Å². The van der Waals surface area contributed by atoms with E-state index in [1.165, 1.54) is 0 Å². The Morgan fingerprint density at radius 3 is 2.58 bits per heavy atom. The molecule has 3 N–H and O–H groups in total. The molecule has 104 valence electrons. The molecule has 2 unspecified atom stereocenters. The van der Waals surface area contributed by atoms with Crippen LogP contribution in [0.25, 0.3) is 0 Å². The van der Waals surface area contributed by atoms with E-state index in [9.17, 15) is 20.1 Å². The van der Waals surface area contributed by atoms with Gasteiger partial charge < -0.3 is 24.8 Å². The van der Waals surface area contributed by atoms with Gasteiger partial charge in [-0.2, -0.15) is 0 Å². The lowest BCUT2D eigenvalue weighted by Gasteiger charge is -2.33. The molecule has 1 aliphatic heterocycles. The molecule has 0 saturated carbocycles. The molecule has 19 heavy (non-hydrogen) atoms. The van der Waals surface area contributed by atoms with E-state index < -0.39 is 30.6 Å². The Labute approximate surface area is 110 Å². The molecule has 0 radical (unpaired) electrons. The summed E-state index contributed by atoms with van der Waals surface area (Å²) in [5.74, 6) is -0.501. The van der Waals surface area contributed by atoms with Crippen LogP contribution in [0.4, 0.5) is 0 Å². The normalized spacial score (nSPS) is 30.9. The van der Waals surface area contributed by atoms with Crippen molar-refractivity contribution in [3.63, 3.8) is 0 Å². The molecule has 0 spiro atoms. The minimum Gasteiger partial charge on any atom is -0.459 e. The molecule has 1 heterocycles. The lowest BCUT2D eigenvalue weighted by Crippen LogP contribution is -2.49. The van der Waals surface area contributed by atoms with E-state index in [1.54, 1.807) is 30.3 Å². The molecule has 0 aromatic heterocycles. The summed E-state index contributed by atoms with van der Waals surface area (Å²) in [5.41, 5.74) is 0.416. The van der Waals surface area contributed by atoms with E-state index in [0.717, 1.165) is 0 Å². The second-order valence-corrected chi connectivity index (χ2v) is 4.41. The summed E-state index contributed by atoms with van der Waals surface area (Å²) < 4.78 is 10.1. The average molecular weight is 268 g/mol. The van der Waals surface area contributed by atoms with Crippen LogP contribution in [0.5, 0.6) is 0 Å². The van der Waals surface area contributed by atoms with Crippen molar-refractivity contribution in [1.29, 1.82) is 0 Å². The van der Waals surface area contributed by atoms with Gasteiger partial charge in [0.15, 0.2) is 6.29 Å². The number of hydrogen-bond donors (Lipinski definition) is 3. The summed E-state index contributed by atoms with van der Waals surface area (Å²) >= 11 is 0. The van der Waals surface area contributed by atoms with Crippen LogP contribution in [0.15, 0.2) is 30.3 Å². The van der Waals surface area contributed by atoms with Crippen LogP contribution < -0.4 is 0 Å². The standard InChI is InChI=1S/C13H16O6/c14-10-6-9(19-13(17)11(10)15)7-18-12(16)8-4-2-1-3-5-8/h1-5,9-11,13-15,17H,6-7H2/t9-,10?,11?,13-/m0/s1. The number of esters is 1. The summed E-state index contributed by atoms with van der Waals surface area (Å²) in [4.78, 5) is 11.7. The number of hydrogen-bond acceptors (Lipinski definition) is 6. The quantitative estimate of drug-likeness (QED) is 0.650. The van der Waals surface area contributed by atoms with Crippen LogP contribution in [0.1, 0.15) is 16.8 Å². The van der Waals surface area contributed by atoms with E-state index in [4.69, 9.17) is 9.47 Å². The van der Waals surface area contributed by atoms with E-state index in [2.05, 4.69) is 0 Å². The van der Waals surface area contributed by atoms with Crippen molar-refractivity contribution in [2.75, 3.05) is 6.61 Å². The van der Waals surface area contributed by atoms with Crippen LogP contribution in [-0.2, 0) is 9.47 Å². The van der Waals surface area contributed by atoms with Crippen LogP contribution in [0, 0.1) is 0 Å². The second-order valence-electron chi connectivity index (χ2n) is 4.41.